The van der Waals surface area contributed by atoms with Gasteiger partial charge in [0, 0.05) is 33.2 Å². The Labute approximate surface area is 155 Å². The molecule has 7 nitrogen and oxygen atoms in total. The van der Waals surface area contributed by atoms with Crippen molar-refractivity contribution >= 4 is 22.5 Å². The van der Waals surface area contributed by atoms with E-state index >= 15 is 0 Å². The summed E-state index contributed by atoms with van der Waals surface area (Å²) in [6.45, 7) is 2.40. The second kappa shape index (κ2) is 6.85. The zero-order valence-corrected chi connectivity index (χ0v) is 15.9. The summed E-state index contributed by atoms with van der Waals surface area (Å²) < 4.78 is 4.49. The summed E-state index contributed by atoms with van der Waals surface area (Å²) >= 11 is 1.73. The van der Waals surface area contributed by atoms with Crippen LogP contribution in [0.4, 0.5) is 0 Å². The van der Waals surface area contributed by atoms with Crippen LogP contribution in [0.3, 0.4) is 0 Å². The van der Waals surface area contributed by atoms with Crippen molar-refractivity contribution < 1.29 is 0 Å². The Morgan fingerprint density at radius 3 is 2.88 bits per heavy atom. The van der Waals surface area contributed by atoms with Crippen LogP contribution in [0.5, 0.6) is 0 Å². The van der Waals surface area contributed by atoms with Crippen LogP contribution in [-0.4, -0.2) is 36.7 Å². The number of likely N-dealkylation sites (tertiary alicyclic amines) is 1. The van der Waals surface area contributed by atoms with Crippen molar-refractivity contribution in [3.8, 4) is 0 Å². The van der Waals surface area contributed by atoms with Gasteiger partial charge in [-0.15, -0.1) is 0 Å². The van der Waals surface area contributed by atoms with E-state index in [0.717, 1.165) is 19.5 Å². The number of thiophene rings is 1. The van der Waals surface area contributed by atoms with Gasteiger partial charge in [-0.1, -0.05) is 0 Å². The van der Waals surface area contributed by atoms with E-state index in [1.54, 1.807) is 36.3 Å². The normalized spacial score (nSPS) is 18.2. The van der Waals surface area contributed by atoms with E-state index in [-0.39, 0.29) is 11.2 Å². The first-order chi connectivity index (χ1) is 12.6. The molecule has 0 bridgehead atoms. The summed E-state index contributed by atoms with van der Waals surface area (Å²) in [4.78, 5) is 31.9. The number of aryl methyl sites for hydroxylation is 2. The van der Waals surface area contributed by atoms with Crippen molar-refractivity contribution in [1.29, 1.82) is 0 Å². The fraction of sp³-hybridized carbons (Fsp3) is 0.500. The number of fused-ring (bicyclic) bond motifs is 1. The Balaban J connectivity index is 1.53. The molecule has 4 rings (SSSR count). The maximum Gasteiger partial charge on any atom is 0.332 e. The summed E-state index contributed by atoms with van der Waals surface area (Å²) in [6, 6.07) is 2.67. The lowest BCUT2D eigenvalue weighted by molar-refractivity contribution is 0.248. The Bertz CT molecular complexity index is 1030. The van der Waals surface area contributed by atoms with Crippen molar-refractivity contribution in [3.05, 3.63) is 49.6 Å². The number of rotatable bonds is 5. The molecule has 0 aliphatic carbocycles. The minimum Gasteiger partial charge on any atom is -0.328 e. The van der Waals surface area contributed by atoms with Gasteiger partial charge in [-0.25, -0.2) is 9.78 Å². The van der Waals surface area contributed by atoms with Crippen molar-refractivity contribution in [1.82, 2.24) is 23.6 Å². The standard InChI is InChI=1S/C18H23N5O2S/c1-20-12-19-16-15(20)17(24)23(18(25)21(16)2)9-4-8-22-7-3-5-14(22)13-6-10-26-11-13/h6,10-12,14H,3-5,7-9H2,1-2H3. The van der Waals surface area contributed by atoms with E-state index in [1.165, 1.54) is 27.5 Å². The maximum atomic E-state index is 12.7. The van der Waals surface area contributed by atoms with E-state index in [9.17, 15) is 9.59 Å². The van der Waals surface area contributed by atoms with Gasteiger partial charge in [-0.3, -0.25) is 18.8 Å². The van der Waals surface area contributed by atoms with Crippen LogP contribution in [0.25, 0.3) is 11.2 Å². The second-order valence-electron chi connectivity index (χ2n) is 6.93. The van der Waals surface area contributed by atoms with Crippen molar-refractivity contribution in [2.75, 3.05) is 13.1 Å². The summed E-state index contributed by atoms with van der Waals surface area (Å²) in [7, 11) is 3.45. The zero-order chi connectivity index (χ0) is 18.3. The molecule has 1 aliphatic heterocycles. The van der Waals surface area contributed by atoms with E-state index in [2.05, 4.69) is 26.7 Å². The molecular formula is C18H23N5O2S. The Morgan fingerprint density at radius 1 is 1.27 bits per heavy atom. The number of aromatic nitrogens is 4. The molecule has 0 spiro atoms. The molecule has 0 aromatic carbocycles. The Hall–Kier alpha value is -2.19. The van der Waals surface area contributed by atoms with Crippen LogP contribution in [0.1, 0.15) is 30.9 Å². The Kier molecular flexibility index (Phi) is 4.54. The molecule has 0 saturated carbocycles. The van der Waals surface area contributed by atoms with Crippen LogP contribution in [0.15, 0.2) is 32.7 Å². The molecule has 3 aromatic heterocycles. The number of hydrogen-bond acceptors (Lipinski definition) is 5. The molecule has 1 unspecified atom stereocenters. The molecule has 138 valence electrons. The lowest BCUT2D eigenvalue weighted by atomic mass is 10.1. The van der Waals surface area contributed by atoms with Crippen molar-refractivity contribution in [2.24, 2.45) is 14.1 Å². The quantitative estimate of drug-likeness (QED) is 0.683. The summed E-state index contributed by atoms with van der Waals surface area (Å²) in [5.41, 5.74) is 1.76. The molecule has 8 heteroatoms. The molecule has 4 heterocycles. The maximum absolute atomic E-state index is 12.7. The molecule has 0 radical (unpaired) electrons. The first kappa shape index (κ1) is 17.2. The average Bonchev–Trinajstić information content (AvgIpc) is 3.36. The highest BCUT2D eigenvalue weighted by atomic mass is 32.1. The highest BCUT2D eigenvalue weighted by molar-refractivity contribution is 7.07. The lowest BCUT2D eigenvalue weighted by Gasteiger charge is -2.24. The van der Waals surface area contributed by atoms with Crippen LogP contribution in [0, 0.1) is 0 Å². The predicted molar refractivity (Wildman–Crippen MR) is 103 cm³/mol. The topological polar surface area (TPSA) is 65.1 Å². The SMILES string of the molecule is Cn1cnc2c1c(=O)n(CCCN1CCCC1c1ccsc1)c(=O)n2C. The molecule has 0 N–H and O–H groups in total. The highest BCUT2D eigenvalue weighted by Gasteiger charge is 2.25. The predicted octanol–water partition coefficient (Wildman–Crippen LogP) is 1.72. The number of imidazole rings is 1. The van der Waals surface area contributed by atoms with E-state index in [1.807, 2.05) is 0 Å². The average molecular weight is 373 g/mol. The number of hydrogen-bond donors (Lipinski definition) is 0. The fourth-order valence-corrected chi connectivity index (χ4v) is 4.67. The van der Waals surface area contributed by atoms with E-state index < -0.39 is 0 Å². The first-order valence-electron chi connectivity index (χ1n) is 8.95. The van der Waals surface area contributed by atoms with Gasteiger partial charge in [0.25, 0.3) is 5.56 Å². The molecule has 3 aromatic rings. The zero-order valence-electron chi connectivity index (χ0n) is 15.1. The van der Waals surface area contributed by atoms with Crippen LogP contribution >= 0.6 is 11.3 Å². The smallest absolute Gasteiger partial charge is 0.328 e. The lowest BCUT2D eigenvalue weighted by Crippen LogP contribution is -2.40. The molecule has 26 heavy (non-hydrogen) atoms. The van der Waals surface area contributed by atoms with Gasteiger partial charge in [-0.2, -0.15) is 11.3 Å². The third kappa shape index (κ3) is 2.83. The van der Waals surface area contributed by atoms with Crippen LogP contribution < -0.4 is 11.2 Å². The van der Waals surface area contributed by atoms with E-state index in [0.29, 0.717) is 23.8 Å². The molecule has 1 fully saturated rings. The Morgan fingerprint density at radius 2 is 2.12 bits per heavy atom. The summed E-state index contributed by atoms with van der Waals surface area (Å²) in [5, 5.41) is 4.35. The van der Waals surface area contributed by atoms with Crippen molar-refractivity contribution in [2.45, 2.75) is 31.8 Å². The van der Waals surface area contributed by atoms with Crippen LogP contribution in [-0.2, 0) is 20.6 Å². The van der Waals surface area contributed by atoms with Gasteiger partial charge in [0.15, 0.2) is 11.2 Å². The van der Waals surface area contributed by atoms with Crippen molar-refractivity contribution in [3.63, 3.8) is 0 Å². The van der Waals surface area contributed by atoms with Gasteiger partial charge in [0.2, 0.25) is 0 Å². The first-order valence-corrected chi connectivity index (χ1v) is 9.89. The third-order valence-corrected chi connectivity index (χ3v) is 6.02. The number of nitrogens with zero attached hydrogens (tertiary/aromatic N) is 5. The monoisotopic (exact) mass is 373 g/mol. The largest absolute Gasteiger partial charge is 0.332 e. The molecule has 1 aliphatic rings. The fourth-order valence-electron chi connectivity index (χ4n) is 3.96. The third-order valence-electron chi connectivity index (χ3n) is 5.32. The second-order valence-corrected chi connectivity index (χ2v) is 7.71. The minimum absolute atomic E-state index is 0.251. The minimum atomic E-state index is -0.294. The highest BCUT2D eigenvalue weighted by Crippen LogP contribution is 2.32. The molecular weight excluding hydrogens is 350 g/mol. The summed E-state index contributed by atoms with van der Waals surface area (Å²) in [6.07, 6.45) is 4.73. The van der Waals surface area contributed by atoms with Gasteiger partial charge in [0.1, 0.15) is 0 Å². The summed E-state index contributed by atoms with van der Waals surface area (Å²) in [5.74, 6) is 0. The van der Waals surface area contributed by atoms with Gasteiger partial charge >= 0.3 is 5.69 Å². The molecule has 1 saturated heterocycles. The van der Waals surface area contributed by atoms with Gasteiger partial charge < -0.3 is 4.57 Å². The van der Waals surface area contributed by atoms with Gasteiger partial charge in [0.05, 0.1) is 6.33 Å². The molecule has 0 amide bonds. The van der Waals surface area contributed by atoms with E-state index in [4.69, 9.17) is 0 Å². The van der Waals surface area contributed by atoms with Crippen LogP contribution in [0.2, 0.25) is 0 Å². The van der Waals surface area contributed by atoms with Gasteiger partial charge in [-0.05, 0) is 48.2 Å². The molecule has 1 atom stereocenters.